The molecule has 3 aromatic rings. The number of hydrogen-bond acceptors (Lipinski definition) is 3. The van der Waals surface area contributed by atoms with Gasteiger partial charge >= 0.3 is 0 Å². The van der Waals surface area contributed by atoms with E-state index in [2.05, 4.69) is 46.3 Å². The van der Waals surface area contributed by atoms with Crippen LogP contribution in [0.15, 0.2) is 66.2 Å². The number of carbonyl (C=O) groups excluding carboxylic acids is 1. The number of aromatic nitrogens is 1. The minimum Gasteiger partial charge on any atom is -0.385 e. The fourth-order valence-electron chi connectivity index (χ4n) is 3.58. The fraction of sp³-hybridized carbons (Fsp3) is 0.231. The van der Waals surface area contributed by atoms with Crippen LogP contribution in [0.1, 0.15) is 23.4 Å². The molecule has 1 aromatic heterocycles. The van der Waals surface area contributed by atoms with E-state index in [1.165, 1.54) is 5.56 Å². The van der Waals surface area contributed by atoms with Crippen molar-refractivity contribution in [2.45, 2.75) is 20.3 Å². The standard InChI is InChI=1S/C26H27N3O2/c1-19-16-23(17-24(18-27)26(30)28-14-7-15-31-3)20(2)29(19)25-12-10-22(11-13-25)21-8-5-4-6-9-21/h4-6,8-13,16-17H,7,14-15H2,1-3H3,(H,28,30)/b24-17+. The van der Waals surface area contributed by atoms with Crippen molar-refractivity contribution in [2.75, 3.05) is 20.3 Å². The molecule has 0 radical (unpaired) electrons. The van der Waals surface area contributed by atoms with Crippen molar-refractivity contribution in [3.8, 4) is 22.9 Å². The van der Waals surface area contributed by atoms with Gasteiger partial charge in [-0.3, -0.25) is 4.79 Å². The second-order valence-corrected chi connectivity index (χ2v) is 7.35. The SMILES string of the molecule is COCCCNC(=O)/C(C#N)=C/c1cc(C)n(-c2ccc(-c3ccccc3)cc2)c1C. The van der Waals surface area contributed by atoms with E-state index in [0.717, 1.165) is 28.2 Å². The topological polar surface area (TPSA) is 67.0 Å². The quantitative estimate of drug-likeness (QED) is 0.327. The number of nitrogens with one attached hydrogen (secondary N) is 1. The van der Waals surface area contributed by atoms with Crippen LogP contribution >= 0.6 is 0 Å². The molecule has 158 valence electrons. The number of nitriles is 1. The Hall–Kier alpha value is -3.62. The van der Waals surface area contributed by atoms with Crippen LogP contribution in [0.5, 0.6) is 0 Å². The van der Waals surface area contributed by atoms with E-state index < -0.39 is 0 Å². The number of hydrogen-bond donors (Lipinski definition) is 1. The molecule has 0 aliphatic carbocycles. The number of methoxy groups -OCH3 is 1. The number of rotatable bonds is 8. The molecule has 1 N–H and O–H groups in total. The summed E-state index contributed by atoms with van der Waals surface area (Å²) in [6.45, 7) is 5.05. The molecule has 0 fully saturated rings. The Balaban J connectivity index is 1.84. The molecule has 1 amide bonds. The van der Waals surface area contributed by atoms with Crippen molar-refractivity contribution in [3.63, 3.8) is 0 Å². The maximum absolute atomic E-state index is 12.3. The van der Waals surface area contributed by atoms with Gasteiger partial charge in [0.05, 0.1) is 0 Å². The molecule has 0 bridgehead atoms. The molecule has 0 aliphatic heterocycles. The van der Waals surface area contributed by atoms with Crippen molar-refractivity contribution in [2.24, 2.45) is 0 Å². The zero-order valence-electron chi connectivity index (χ0n) is 18.2. The Bertz CT molecular complexity index is 1100. The van der Waals surface area contributed by atoms with Gasteiger partial charge in [-0.1, -0.05) is 42.5 Å². The summed E-state index contributed by atoms with van der Waals surface area (Å²) in [6.07, 6.45) is 2.36. The smallest absolute Gasteiger partial charge is 0.261 e. The number of nitrogens with zero attached hydrogens (tertiary/aromatic N) is 2. The molecule has 0 aliphatic rings. The average Bonchev–Trinajstić information content (AvgIpc) is 3.08. The first-order valence-corrected chi connectivity index (χ1v) is 10.3. The van der Waals surface area contributed by atoms with E-state index >= 15 is 0 Å². The van der Waals surface area contributed by atoms with Gasteiger partial charge in [0.1, 0.15) is 11.6 Å². The van der Waals surface area contributed by atoms with E-state index in [1.807, 2.05) is 44.2 Å². The van der Waals surface area contributed by atoms with Gasteiger partial charge in [-0.05, 0) is 61.2 Å². The zero-order chi connectivity index (χ0) is 22.2. The highest BCUT2D eigenvalue weighted by Crippen LogP contribution is 2.25. The summed E-state index contributed by atoms with van der Waals surface area (Å²) in [7, 11) is 1.62. The first kappa shape index (κ1) is 22.1. The number of carbonyl (C=O) groups is 1. The second-order valence-electron chi connectivity index (χ2n) is 7.35. The van der Waals surface area contributed by atoms with E-state index in [9.17, 15) is 10.1 Å². The minimum absolute atomic E-state index is 0.0945. The fourth-order valence-corrected chi connectivity index (χ4v) is 3.58. The molecule has 1 heterocycles. The Morgan fingerprint density at radius 3 is 2.42 bits per heavy atom. The van der Waals surface area contributed by atoms with Crippen LogP contribution in [-0.4, -0.2) is 30.7 Å². The molecule has 0 spiro atoms. The summed E-state index contributed by atoms with van der Waals surface area (Å²) >= 11 is 0. The highest BCUT2D eigenvalue weighted by Gasteiger charge is 2.13. The van der Waals surface area contributed by atoms with Crippen LogP contribution in [0.2, 0.25) is 0 Å². The summed E-state index contributed by atoms with van der Waals surface area (Å²) in [6, 6.07) is 22.7. The molecular weight excluding hydrogens is 386 g/mol. The van der Waals surface area contributed by atoms with E-state index in [4.69, 9.17) is 4.74 Å². The molecule has 0 unspecified atom stereocenters. The van der Waals surface area contributed by atoms with Gasteiger partial charge < -0.3 is 14.6 Å². The molecule has 0 atom stereocenters. The Morgan fingerprint density at radius 2 is 1.77 bits per heavy atom. The number of benzene rings is 2. The molecule has 0 saturated carbocycles. The van der Waals surface area contributed by atoms with Gasteiger partial charge in [0.25, 0.3) is 5.91 Å². The Morgan fingerprint density at radius 1 is 1.10 bits per heavy atom. The van der Waals surface area contributed by atoms with Gasteiger partial charge in [-0.25, -0.2) is 0 Å². The summed E-state index contributed by atoms with van der Waals surface area (Å²) in [5, 5.41) is 12.2. The molecule has 3 rings (SSSR count). The van der Waals surface area contributed by atoms with E-state index in [-0.39, 0.29) is 11.5 Å². The van der Waals surface area contributed by atoms with Crippen molar-refractivity contribution >= 4 is 12.0 Å². The molecular formula is C26H27N3O2. The normalized spacial score (nSPS) is 11.2. The maximum Gasteiger partial charge on any atom is 0.261 e. The lowest BCUT2D eigenvalue weighted by Crippen LogP contribution is -2.26. The highest BCUT2D eigenvalue weighted by atomic mass is 16.5. The molecule has 5 heteroatoms. The van der Waals surface area contributed by atoms with E-state index in [0.29, 0.717) is 19.6 Å². The maximum atomic E-state index is 12.3. The first-order valence-electron chi connectivity index (χ1n) is 10.3. The first-order chi connectivity index (χ1) is 15.0. The second kappa shape index (κ2) is 10.4. The molecule has 5 nitrogen and oxygen atoms in total. The summed E-state index contributed by atoms with van der Waals surface area (Å²) in [4.78, 5) is 12.3. The number of amides is 1. The number of ether oxygens (including phenoxy) is 1. The van der Waals surface area contributed by atoms with E-state index in [1.54, 1.807) is 13.2 Å². The van der Waals surface area contributed by atoms with Gasteiger partial charge in [0.15, 0.2) is 0 Å². The molecule has 2 aromatic carbocycles. The van der Waals surface area contributed by atoms with Crippen molar-refractivity contribution in [1.82, 2.24) is 9.88 Å². The van der Waals surface area contributed by atoms with Gasteiger partial charge in [-0.15, -0.1) is 0 Å². The average molecular weight is 414 g/mol. The summed E-state index contributed by atoms with van der Waals surface area (Å²) in [5.41, 5.74) is 6.33. The third-order valence-corrected chi connectivity index (χ3v) is 5.18. The van der Waals surface area contributed by atoms with Gasteiger partial charge in [-0.2, -0.15) is 5.26 Å². The van der Waals surface area contributed by atoms with Crippen molar-refractivity contribution in [3.05, 3.63) is 83.2 Å². The van der Waals surface area contributed by atoms with Crippen LogP contribution in [0.3, 0.4) is 0 Å². The summed E-state index contributed by atoms with van der Waals surface area (Å²) in [5.74, 6) is -0.365. The van der Waals surface area contributed by atoms with Crippen LogP contribution < -0.4 is 5.32 Å². The van der Waals surface area contributed by atoms with Crippen LogP contribution in [0.25, 0.3) is 22.9 Å². The van der Waals surface area contributed by atoms with Crippen LogP contribution in [0.4, 0.5) is 0 Å². The molecule has 31 heavy (non-hydrogen) atoms. The lowest BCUT2D eigenvalue weighted by molar-refractivity contribution is -0.117. The minimum atomic E-state index is -0.365. The zero-order valence-corrected chi connectivity index (χ0v) is 18.2. The Kier molecular flexibility index (Phi) is 7.42. The van der Waals surface area contributed by atoms with Crippen LogP contribution in [-0.2, 0) is 9.53 Å². The lowest BCUT2D eigenvalue weighted by Gasteiger charge is -2.11. The predicted molar refractivity (Wildman–Crippen MR) is 124 cm³/mol. The van der Waals surface area contributed by atoms with Crippen molar-refractivity contribution in [1.29, 1.82) is 5.26 Å². The number of aryl methyl sites for hydroxylation is 1. The monoisotopic (exact) mass is 413 g/mol. The largest absolute Gasteiger partial charge is 0.385 e. The third-order valence-electron chi connectivity index (χ3n) is 5.18. The van der Waals surface area contributed by atoms with Crippen molar-refractivity contribution < 1.29 is 9.53 Å². The van der Waals surface area contributed by atoms with Crippen LogP contribution in [0, 0.1) is 25.2 Å². The predicted octanol–water partition coefficient (Wildman–Crippen LogP) is 4.82. The van der Waals surface area contributed by atoms with Gasteiger partial charge in [0, 0.05) is 37.3 Å². The lowest BCUT2D eigenvalue weighted by atomic mass is 10.1. The Labute approximate surface area is 183 Å². The third kappa shape index (κ3) is 5.30. The summed E-state index contributed by atoms with van der Waals surface area (Å²) < 4.78 is 7.11. The highest BCUT2D eigenvalue weighted by molar-refractivity contribution is 6.01. The molecule has 0 saturated heterocycles. The van der Waals surface area contributed by atoms with Gasteiger partial charge in [0.2, 0.25) is 0 Å².